The number of alkyl halides is 1. The van der Waals surface area contributed by atoms with Crippen LogP contribution in [0.15, 0.2) is 30.5 Å². The first-order chi connectivity index (χ1) is 5.40. The van der Waals surface area contributed by atoms with E-state index in [2.05, 4.69) is 51.8 Å². The van der Waals surface area contributed by atoms with Gasteiger partial charge in [0.25, 0.3) is 0 Å². The van der Waals surface area contributed by atoms with Crippen molar-refractivity contribution >= 4 is 33.5 Å². The molecule has 0 amide bonds. The van der Waals surface area contributed by atoms with Gasteiger partial charge in [-0.2, -0.15) is 0 Å². The molecule has 2 rings (SSSR count). The molecule has 56 valence electrons. The van der Waals surface area contributed by atoms with E-state index in [1.54, 1.807) is 0 Å². The number of hydrogen-bond donors (Lipinski definition) is 1. The van der Waals surface area contributed by atoms with E-state index in [0.717, 1.165) is 4.43 Å². The number of H-pyrrole nitrogens is 1. The molecule has 2 aromatic rings. The minimum absolute atomic E-state index is 1.08. The van der Waals surface area contributed by atoms with Crippen LogP contribution in [0.4, 0.5) is 0 Å². The molecule has 1 aromatic carbocycles. The van der Waals surface area contributed by atoms with Crippen LogP contribution >= 0.6 is 22.6 Å². The third-order valence-electron chi connectivity index (χ3n) is 1.77. The van der Waals surface area contributed by atoms with E-state index in [1.165, 1.54) is 16.5 Å². The van der Waals surface area contributed by atoms with Crippen molar-refractivity contribution in [2.45, 2.75) is 4.43 Å². The lowest BCUT2D eigenvalue weighted by atomic mass is 10.2. The summed E-state index contributed by atoms with van der Waals surface area (Å²) in [5.74, 6) is 0. The molecular formula is C9H8IN. The van der Waals surface area contributed by atoms with E-state index < -0.39 is 0 Å². The van der Waals surface area contributed by atoms with Crippen molar-refractivity contribution in [3.63, 3.8) is 0 Å². The standard InChI is InChI=1S/C9H8IN/c10-6-7-1-2-8-3-4-11-9(8)5-7/h1-5,11H,6H2. The van der Waals surface area contributed by atoms with Crippen molar-refractivity contribution in [1.29, 1.82) is 0 Å². The van der Waals surface area contributed by atoms with E-state index in [4.69, 9.17) is 0 Å². The molecule has 0 aliphatic heterocycles. The normalized spacial score (nSPS) is 10.6. The summed E-state index contributed by atoms with van der Waals surface area (Å²) in [7, 11) is 0. The topological polar surface area (TPSA) is 15.8 Å². The maximum absolute atomic E-state index is 3.19. The van der Waals surface area contributed by atoms with Gasteiger partial charge in [0.1, 0.15) is 0 Å². The number of hydrogen-bond acceptors (Lipinski definition) is 0. The summed E-state index contributed by atoms with van der Waals surface area (Å²) in [6.07, 6.45) is 1.97. The second-order valence-electron chi connectivity index (χ2n) is 2.53. The maximum Gasteiger partial charge on any atom is 0.0456 e. The van der Waals surface area contributed by atoms with Crippen molar-refractivity contribution < 1.29 is 0 Å². The van der Waals surface area contributed by atoms with Gasteiger partial charge < -0.3 is 4.98 Å². The number of aromatic amines is 1. The smallest absolute Gasteiger partial charge is 0.0456 e. The zero-order chi connectivity index (χ0) is 7.68. The summed E-state index contributed by atoms with van der Waals surface area (Å²) >= 11 is 2.37. The zero-order valence-corrected chi connectivity index (χ0v) is 8.13. The Labute approximate surface area is 78.9 Å². The van der Waals surface area contributed by atoms with Gasteiger partial charge in [0.15, 0.2) is 0 Å². The Bertz CT molecular complexity index is 364. The molecule has 2 heteroatoms. The van der Waals surface area contributed by atoms with Crippen LogP contribution in [-0.2, 0) is 4.43 Å². The van der Waals surface area contributed by atoms with Gasteiger partial charge in [0.05, 0.1) is 0 Å². The molecule has 0 spiro atoms. The zero-order valence-electron chi connectivity index (χ0n) is 5.97. The molecule has 11 heavy (non-hydrogen) atoms. The first-order valence-electron chi connectivity index (χ1n) is 3.52. The van der Waals surface area contributed by atoms with E-state index >= 15 is 0 Å². The van der Waals surface area contributed by atoms with E-state index in [9.17, 15) is 0 Å². The maximum atomic E-state index is 3.19. The van der Waals surface area contributed by atoms with Crippen LogP contribution < -0.4 is 0 Å². The summed E-state index contributed by atoms with van der Waals surface area (Å²) < 4.78 is 1.08. The van der Waals surface area contributed by atoms with Gasteiger partial charge in [0.2, 0.25) is 0 Å². The Balaban J connectivity index is 2.67. The Kier molecular flexibility index (Phi) is 1.85. The SMILES string of the molecule is ICc1ccc2cc[nH]c2c1. The van der Waals surface area contributed by atoms with Crippen molar-refractivity contribution in [2.75, 3.05) is 0 Å². The highest BCUT2D eigenvalue weighted by molar-refractivity contribution is 14.1. The minimum Gasteiger partial charge on any atom is -0.361 e. The first kappa shape index (κ1) is 7.16. The fraction of sp³-hybridized carbons (Fsp3) is 0.111. The second kappa shape index (κ2) is 2.85. The highest BCUT2D eigenvalue weighted by Crippen LogP contribution is 2.15. The summed E-state index contributed by atoms with van der Waals surface area (Å²) in [6, 6.07) is 8.61. The number of aromatic nitrogens is 1. The molecule has 0 bridgehead atoms. The Morgan fingerprint density at radius 1 is 1.27 bits per heavy atom. The van der Waals surface area contributed by atoms with Crippen LogP contribution in [-0.4, -0.2) is 4.98 Å². The number of nitrogens with one attached hydrogen (secondary N) is 1. The average Bonchev–Trinajstić information content (AvgIpc) is 2.50. The summed E-state index contributed by atoms with van der Waals surface area (Å²) in [6.45, 7) is 0. The average molecular weight is 257 g/mol. The first-order valence-corrected chi connectivity index (χ1v) is 5.05. The van der Waals surface area contributed by atoms with E-state index in [-0.39, 0.29) is 0 Å². The van der Waals surface area contributed by atoms with Gasteiger partial charge in [-0.15, -0.1) is 0 Å². The quantitative estimate of drug-likeness (QED) is 0.596. The molecule has 0 aliphatic rings. The molecule has 0 saturated heterocycles. The van der Waals surface area contributed by atoms with Gasteiger partial charge in [-0.3, -0.25) is 0 Å². The molecule has 0 radical (unpaired) electrons. The summed E-state index contributed by atoms with van der Waals surface area (Å²) in [5, 5.41) is 1.29. The molecule has 0 aliphatic carbocycles. The largest absolute Gasteiger partial charge is 0.361 e. The fourth-order valence-electron chi connectivity index (χ4n) is 1.18. The minimum atomic E-state index is 1.08. The highest BCUT2D eigenvalue weighted by Gasteiger charge is 1.94. The fourth-order valence-corrected chi connectivity index (χ4v) is 1.65. The van der Waals surface area contributed by atoms with E-state index in [0.29, 0.717) is 0 Å². The third-order valence-corrected chi connectivity index (χ3v) is 2.65. The van der Waals surface area contributed by atoms with Gasteiger partial charge >= 0.3 is 0 Å². The monoisotopic (exact) mass is 257 g/mol. The molecule has 1 nitrogen and oxygen atoms in total. The lowest BCUT2D eigenvalue weighted by Crippen LogP contribution is -1.75. The van der Waals surface area contributed by atoms with Crippen molar-refractivity contribution in [3.05, 3.63) is 36.0 Å². The van der Waals surface area contributed by atoms with Crippen LogP contribution in [0, 0.1) is 0 Å². The molecule has 0 unspecified atom stereocenters. The predicted octanol–water partition coefficient (Wildman–Crippen LogP) is 3.10. The Hall–Kier alpha value is -0.510. The molecule has 1 aromatic heterocycles. The molecule has 0 saturated carbocycles. The van der Waals surface area contributed by atoms with Crippen LogP contribution in [0.1, 0.15) is 5.56 Å². The van der Waals surface area contributed by atoms with Gasteiger partial charge in [-0.25, -0.2) is 0 Å². The predicted molar refractivity (Wildman–Crippen MR) is 56.0 cm³/mol. The lowest BCUT2D eigenvalue weighted by molar-refractivity contribution is 1.43. The number of fused-ring (bicyclic) bond motifs is 1. The highest BCUT2D eigenvalue weighted by atomic mass is 127. The lowest BCUT2D eigenvalue weighted by Gasteiger charge is -1.94. The van der Waals surface area contributed by atoms with Gasteiger partial charge in [-0.1, -0.05) is 34.7 Å². The number of halogens is 1. The second-order valence-corrected chi connectivity index (χ2v) is 3.30. The number of rotatable bonds is 1. The van der Waals surface area contributed by atoms with Crippen LogP contribution in [0.2, 0.25) is 0 Å². The van der Waals surface area contributed by atoms with Crippen molar-refractivity contribution in [1.82, 2.24) is 4.98 Å². The Morgan fingerprint density at radius 3 is 3.00 bits per heavy atom. The molecule has 0 fully saturated rings. The molecular weight excluding hydrogens is 249 g/mol. The summed E-state index contributed by atoms with van der Waals surface area (Å²) in [4.78, 5) is 3.19. The molecule has 1 heterocycles. The van der Waals surface area contributed by atoms with Gasteiger partial charge in [0, 0.05) is 16.1 Å². The van der Waals surface area contributed by atoms with E-state index in [1.807, 2.05) is 6.20 Å². The Morgan fingerprint density at radius 2 is 2.18 bits per heavy atom. The molecule has 1 N–H and O–H groups in total. The number of benzene rings is 1. The molecule has 0 atom stereocenters. The van der Waals surface area contributed by atoms with Crippen LogP contribution in [0.3, 0.4) is 0 Å². The third kappa shape index (κ3) is 1.27. The van der Waals surface area contributed by atoms with Crippen LogP contribution in [0.25, 0.3) is 10.9 Å². The van der Waals surface area contributed by atoms with Crippen molar-refractivity contribution in [3.8, 4) is 0 Å². The van der Waals surface area contributed by atoms with Crippen LogP contribution in [0.5, 0.6) is 0 Å². The van der Waals surface area contributed by atoms with Gasteiger partial charge in [-0.05, 0) is 23.1 Å². The van der Waals surface area contributed by atoms with Crippen molar-refractivity contribution in [2.24, 2.45) is 0 Å². The summed E-state index contributed by atoms with van der Waals surface area (Å²) in [5.41, 5.74) is 2.61.